The van der Waals surface area contributed by atoms with Crippen LogP contribution in [0.15, 0.2) is 36.6 Å². The molecule has 1 aliphatic carbocycles. The zero-order valence-corrected chi connectivity index (χ0v) is 15.9. The van der Waals surface area contributed by atoms with E-state index in [0.29, 0.717) is 16.9 Å². The number of allylic oxidation sites excluding steroid dienone is 1. The lowest BCUT2D eigenvalue weighted by atomic mass is 9.72. The highest BCUT2D eigenvalue weighted by Crippen LogP contribution is 2.46. The van der Waals surface area contributed by atoms with Gasteiger partial charge < -0.3 is 19.3 Å². The molecule has 0 bridgehead atoms. The van der Waals surface area contributed by atoms with Crippen molar-refractivity contribution in [2.24, 2.45) is 11.8 Å². The van der Waals surface area contributed by atoms with Crippen LogP contribution in [0.3, 0.4) is 0 Å². The first-order valence-electron chi connectivity index (χ1n) is 9.06. The quantitative estimate of drug-likeness (QED) is 0.457. The third kappa shape index (κ3) is 3.54. The predicted molar refractivity (Wildman–Crippen MR) is 97.8 cm³/mol. The molecule has 0 saturated carbocycles. The molecular formula is C21H23FO6. The highest BCUT2D eigenvalue weighted by Gasteiger charge is 2.54. The smallest absolute Gasteiger partial charge is 0.317 e. The number of phenols is 1. The first kappa shape index (κ1) is 20.1. The molecule has 3 rings (SSSR count). The molecule has 1 aromatic carbocycles. The van der Waals surface area contributed by atoms with E-state index in [9.17, 15) is 19.1 Å². The summed E-state index contributed by atoms with van der Waals surface area (Å²) in [5, 5.41) is 9.92. The molecule has 0 radical (unpaired) electrons. The standard InChI is InChI=1S/C21H23FO6/c1-4-5-26-20(25)15-10-21(19(9-18(15)24)27-11-28-21)13(3)7-14-8-17(23)12(2)6-16(14)22/h4,6,8-9,13,15,23H,1,5,7,10-11H2,2-3H3/t13-,15+,21+/m0/s1. The summed E-state index contributed by atoms with van der Waals surface area (Å²) < 4.78 is 30.7. The first-order valence-corrected chi connectivity index (χ1v) is 9.06. The van der Waals surface area contributed by atoms with Crippen LogP contribution in [0.1, 0.15) is 24.5 Å². The lowest BCUT2D eigenvalue weighted by Crippen LogP contribution is -2.47. The van der Waals surface area contributed by atoms with E-state index in [1.165, 1.54) is 24.3 Å². The number of carbonyl (C=O) groups excluding carboxylic acids is 2. The number of hydrogen-bond acceptors (Lipinski definition) is 6. The molecule has 1 N–H and O–H groups in total. The molecule has 1 aromatic rings. The van der Waals surface area contributed by atoms with Crippen LogP contribution in [-0.4, -0.2) is 35.9 Å². The number of esters is 1. The van der Waals surface area contributed by atoms with Crippen LogP contribution in [0.2, 0.25) is 0 Å². The van der Waals surface area contributed by atoms with E-state index >= 15 is 0 Å². The van der Waals surface area contributed by atoms with Gasteiger partial charge in [0.2, 0.25) is 0 Å². The second-order valence-electron chi connectivity index (χ2n) is 7.22. The molecule has 1 fully saturated rings. The third-order valence-corrected chi connectivity index (χ3v) is 5.39. The maximum Gasteiger partial charge on any atom is 0.317 e. The fraction of sp³-hybridized carbons (Fsp3) is 0.429. The number of hydrogen-bond donors (Lipinski definition) is 1. The Kier molecular flexibility index (Phi) is 5.56. The van der Waals surface area contributed by atoms with Gasteiger partial charge in [-0.2, -0.15) is 0 Å². The minimum atomic E-state index is -1.04. The van der Waals surface area contributed by atoms with Gasteiger partial charge in [0.05, 0.1) is 0 Å². The Morgan fingerprint density at radius 1 is 1.54 bits per heavy atom. The molecule has 2 aliphatic rings. The highest BCUT2D eigenvalue weighted by atomic mass is 19.1. The Bertz CT molecular complexity index is 846. The van der Waals surface area contributed by atoms with Crippen molar-refractivity contribution in [3.8, 4) is 5.75 Å². The first-order chi connectivity index (χ1) is 13.3. The number of ether oxygens (including phenoxy) is 3. The lowest BCUT2D eigenvalue weighted by Gasteiger charge is -2.37. The normalized spacial score (nSPS) is 24.8. The summed E-state index contributed by atoms with van der Waals surface area (Å²) in [5.74, 6) is -2.50. The van der Waals surface area contributed by atoms with E-state index in [-0.39, 0.29) is 37.9 Å². The number of phenolic OH excluding ortho intramolecular Hbond substituents is 1. The maximum atomic E-state index is 14.4. The van der Waals surface area contributed by atoms with Crippen LogP contribution in [0.4, 0.5) is 4.39 Å². The largest absolute Gasteiger partial charge is 0.508 e. The van der Waals surface area contributed by atoms with Crippen molar-refractivity contribution in [3.05, 3.63) is 53.6 Å². The van der Waals surface area contributed by atoms with Crippen LogP contribution in [0.5, 0.6) is 5.75 Å². The molecule has 1 aliphatic heterocycles. The molecule has 150 valence electrons. The van der Waals surface area contributed by atoms with Crippen molar-refractivity contribution in [1.82, 2.24) is 0 Å². The van der Waals surface area contributed by atoms with Gasteiger partial charge in [0.15, 0.2) is 12.6 Å². The molecule has 6 nitrogen and oxygen atoms in total. The van der Waals surface area contributed by atoms with Gasteiger partial charge in [-0.15, -0.1) is 0 Å². The van der Waals surface area contributed by atoms with E-state index in [2.05, 4.69) is 6.58 Å². The predicted octanol–water partition coefficient (Wildman–Crippen LogP) is 2.96. The molecule has 0 spiro atoms. The number of aromatic hydroxyl groups is 1. The van der Waals surface area contributed by atoms with Gasteiger partial charge in [-0.1, -0.05) is 19.6 Å². The van der Waals surface area contributed by atoms with Gasteiger partial charge in [-0.3, -0.25) is 9.59 Å². The average Bonchev–Trinajstić information content (AvgIpc) is 3.07. The van der Waals surface area contributed by atoms with Crippen LogP contribution in [0, 0.1) is 24.6 Å². The van der Waals surface area contributed by atoms with E-state index in [1.807, 2.05) is 6.92 Å². The molecular weight excluding hydrogens is 367 g/mol. The second-order valence-corrected chi connectivity index (χ2v) is 7.22. The van der Waals surface area contributed by atoms with Crippen molar-refractivity contribution < 1.29 is 33.3 Å². The van der Waals surface area contributed by atoms with Gasteiger partial charge >= 0.3 is 5.97 Å². The fourth-order valence-electron chi connectivity index (χ4n) is 3.73. The Morgan fingerprint density at radius 3 is 3.00 bits per heavy atom. The van der Waals surface area contributed by atoms with Gasteiger partial charge in [0.1, 0.15) is 35.5 Å². The number of ketones is 1. The summed E-state index contributed by atoms with van der Waals surface area (Å²) in [6, 6.07) is 2.67. The average molecular weight is 390 g/mol. The Labute approximate surface area is 162 Å². The number of aryl methyl sites for hydroxylation is 1. The number of carbonyl (C=O) groups is 2. The minimum Gasteiger partial charge on any atom is -0.508 e. The van der Waals surface area contributed by atoms with Gasteiger partial charge in [0, 0.05) is 12.5 Å². The summed E-state index contributed by atoms with van der Waals surface area (Å²) in [6.07, 6.45) is 2.97. The molecule has 3 atom stereocenters. The summed E-state index contributed by atoms with van der Waals surface area (Å²) in [4.78, 5) is 24.7. The van der Waals surface area contributed by atoms with Crippen LogP contribution >= 0.6 is 0 Å². The number of halogens is 1. The second kappa shape index (κ2) is 7.75. The van der Waals surface area contributed by atoms with Crippen molar-refractivity contribution >= 4 is 11.8 Å². The number of fused-ring (bicyclic) bond motifs is 1. The lowest BCUT2D eigenvalue weighted by molar-refractivity contribution is -0.154. The summed E-state index contributed by atoms with van der Waals surface area (Å²) >= 11 is 0. The third-order valence-electron chi connectivity index (χ3n) is 5.39. The van der Waals surface area contributed by atoms with Gasteiger partial charge in [-0.05, 0) is 42.5 Å². The molecule has 28 heavy (non-hydrogen) atoms. The van der Waals surface area contributed by atoms with Crippen molar-refractivity contribution in [3.63, 3.8) is 0 Å². The minimum absolute atomic E-state index is 0.00478. The van der Waals surface area contributed by atoms with Crippen molar-refractivity contribution in [1.29, 1.82) is 0 Å². The zero-order chi connectivity index (χ0) is 20.5. The van der Waals surface area contributed by atoms with Gasteiger partial charge in [-0.25, -0.2) is 4.39 Å². The summed E-state index contributed by atoms with van der Waals surface area (Å²) in [6.45, 7) is 6.89. The molecule has 7 heteroatoms. The maximum absolute atomic E-state index is 14.4. The SMILES string of the molecule is C=CCOC(=O)[C@@H]1C[C@]2([C@@H](C)Cc3cc(O)c(C)cc3F)OCOC2=CC1=O. The zero-order valence-electron chi connectivity index (χ0n) is 15.9. The molecule has 0 unspecified atom stereocenters. The van der Waals surface area contributed by atoms with E-state index in [1.54, 1.807) is 6.92 Å². The molecule has 0 aromatic heterocycles. The van der Waals surface area contributed by atoms with Gasteiger partial charge in [0.25, 0.3) is 0 Å². The van der Waals surface area contributed by atoms with Crippen LogP contribution < -0.4 is 0 Å². The van der Waals surface area contributed by atoms with Crippen LogP contribution in [-0.2, 0) is 30.2 Å². The molecule has 1 saturated heterocycles. The Morgan fingerprint density at radius 2 is 2.29 bits per heavy atom. The van der Waals surface area contributed by atoms with E-state index in [0.717, 1.165) is 0 Å². The Hall–Kier alpha value is -2.67. The molecule has 0 amide bonds. The summed E-state index contributed by atoms with van der Waals surface area (Å²) in [7, 11) is 0. The monoisotopic (exact) mass is 390 g/mol. The van der Waals surface area contributed by atoms with E-state index < -0.39 is 29.1 Å². The topological polar surface area (TPSA) is 82.1 Å². The van der Waals surface area contributed by atoms with E-state index in [4.69, 9.17) is 14.2 Å². The fourth-order valence-corrected chi connectivity index (χ4v) is 3.73. The van der Waals surface area contributed by atoms with Crippen molar-refractivity contribution in [2.45, 2.75) is 32.3 Å². The number of benzene rings is 1. The van der Waals surface area contributed by atoms with Crippen LogP contribution in [0.25, 0.3) is 0 Å². The Balaban J connectivity index is 1.88. The molecule has 1 heterocycles. The number of rotatable bonds is 6. The van der Waals surface area contributed by atoms with Crippen molar-refractivity contribution in [2.75, 3.05) is 13.4 Å². The summed E-state index contributed by atoms with van der Waals surface area (Å²) in [5.41, 5.74) is -0.275. The highest BCUT2D eigenvalue weighted by molar-refractivity contribution is 6.06.